The number of furan rings is 1. The Hall–Kier alpha value is -2.94. The fourth-order valence-electron chi connectivity index (χ4n) is 4.96. The maximum absolute atomic E-state index is 12.1. The fourth-order valence-corrected chi connectivity index (χ4v) is 4.96. The summed E-state index contributed by atoms with van der Waals surface area (Å²) in [6.45, 7) is 13.8. The lowest BCUT2D eigenvalue weighted by Gasteiger charge is -2.34. The van der Waals surface area contributed by atoms with Crippen LogP contribution in [0.2, 0.25) is 0 Å². The van der Waals surface area contributed by atoms with E-state index in [1.165, 1.54) is 11.1 Å². The van der Waals surface area contributed by atoms with E-state index in [-0.39, 0.29) is 11.7 Å². The van der Waals surface area contributed by atoms with E-state index in [9.17, 15) is 4.79 Å². The third-order valence-corrected chi connectivity index (χ3v) is 6.60. The van der Waals surface area contributed by atoms with Crippen LogP contribution in [0.5, 0.6) is 0 Å². The Kier molecular flexibility index (Phi) is 5.83. The number of rotatable bonds is 4. The van der Waals surface area contributed by atoms with Crippen molar-refractivity contribution < 1.29 is 18.7 Å². The Morgan fingerprint density at radius 1 is 1.18 bits per heavy atom. The number of carbonyl (C=O) groups is 1. The highest BCUT2D eigenvalue weighted by Gasteiger charge is 2.33. The summed E-state index contributed by atoms with van der Waals surface area (Å²) >= 11 is 0. The lowest BCUT2D eigenvalue weighted by atomic mass is 9.88. The first-order valence-corrected chi connectivity index (χ1v) is 12.2. The molecule has 5 heterocycles. The number of nitrogens with zero attached hydrogens (tertiary/aromatic N) is 5. The number of anilines is 1. The van der Waals surface area contributed by atoms with Gasteiger partial charge in [0.25, 0.3) is 0 Å². The second kappa shape index (κ2) is 8.69. The molecule has 0 unspecified atom stereocenters. The summed E-state index contributed by atoms with van der Waals surface area (Å²) in [5.41, 5.74) is 5.25. The summed E-state index contributed by atoms with van der Waals surface area (Å²) in [7, 11) is 0. The Bertz CT molecular complexity index is 1230. The number of piperazine rings is 1. The van der Waals surface area contributed by atoms with Gasteiger partial charge in [-0.25, -0.2) is 19.7 Å². The monoisotopic (exact) mass is 467 g/mol. The van der Waals surface area contributed by atoms with E-state index in [0.717, 1.165) is 35.3 Å². The zero-order valence-corrected chi connectivity index (χ0v) is 20.7. The van der Waals surface area contributed by atoms with Crippen molar-refractivity contribution in [3.8, 4) is 0 Å². The molecule has 1 fully saturated rings. The molecule has 2 aliphatic rings. The van der Waals surface area contributed by atoms with Gasteiger partial charge in [-0.2, -0.15) is 0 Å². The molecule has 34 heavy (non-hydrogen) atoms. The van der Waals surface area contributed by atoms with Gasteiger partial charge in [0.1, 0.15) is 11.8 Å². The van der Waals surface area contributed by atoms with Gasteiger partial charge in [-0.3, -0.25) is 0 Å². The maximum Gasteiger partial charge on any atom is 0.409 e. The number of pyridine rings is 1. The molecule has 0 saturated carbocycles. The predicted octanol–water partition coefficient (Wildman–Crippen LogP) is 4.10. The van der Waals surface area contributed by atoms with Gasteiger partial charge in [-0.1, -0.05) is 13.8 Å². The highest BCUT2D eigenvalue weighted by Crippen LogP contribution is 2.40. The lowest BCUT2D eigenvalue weighted by Crippen LogP contribution is -2.49. The van der Waals surface area contributed by atoms with Crippen LogP contribution in [-0.4, -0.2) is 64.3 Å². The number of carbonyl (C=O) groups excluding carboxylic acids is 1. The molecule has 5 rings (SSSR count). The molecule has 0 atom stereocenters. The third-order valence-electron chi connectivity index (χ3n) is 6.60. The number of hydrogen-bond donors (Lipinski definition) is 0. The van der Waals surface area contributed by atoms with Crippen molar-refractivity contribution in [2.24, 2.45) is 5.92 Å². The van der Waals surface area contributed by atoms with Crippen LogP contribution in [0.1, 0.15) is 51.4 Å². The molecule has 0 radical (unpaired) electrons. The van der Waals surface area contributed by atoms with Crippen molar-refractivity contribution in [1.82, 2.24) is 19.9 Å². The molecular formula is C25H33N5O4. The van der Waals surface area contributed by atoms with Crippen molar-refractivity contribution in [2.75, 3.05) is 37.7 Å². The van der Waals surface area contributed by atoms with Gasteiger partial charge in [0.05, 0.1) is 29.9 Å². The minimum absolute atomic E-state index is 0.265. The molecule has 1 saturated heterocycles. The lowest BCUT2D eigenvalue weighted by molar-refractivity contribution is -0.0402. The average Bonchev–Trinajstić information content (AvgIpc) is 3.17. The van der Waals surface area contributed by atoms with Crippen molar-refractivity contribution >= 4 is 34.1 Å². The SMILES string of the molecule is CCOC(=O)N1CCN(c2ncnc3c2oc2nc(CC(C)C)c4c(c23)CC(C)(C)OC4)CC1. The highest BCUT2D eigenvalue weighted by molar-refractivity contribution is 6.06. The first kappa shape index (κ1) is 22.8. The molecule has 182 valence electrons. The Labute approximate surface area is 199 Å². The third kappa shape index (κ3) is 4.06. The molecule has 0 aliphatic carbocycles. The summed E-state index contributed by atoms with van der Waals surface area (Å²) in [5.74, 6) is 1.22. The van der Waals surface area contributed by atoms with Crippen LogP contribution in [0.25, 0.3) is 22.2 Å². The Balaban J connectivity index is 1.58. The number of fused-ring (bicyclic) bond motifs is 5. The largest absolute Gasteiger partial charge is 0.450 e. The van der Waals surface area contributed by atoms with Crippen LogP contribution in [0, 0.1) is 5.92 Å². The molecular weight excluding hydrogens is 434 g/mol. The fraction of sp³-hybridized carbons (Fsp3) is 0.600. The van der Waals surface area contributed by atoms with Crippen molar-refractivity contribution in [1.29, 1.82) is 0 Å². The van der Waals surface area contributed by atoms with Gasteiger partial charge in [0.15, 0.2) is 11.4 Å². The quantitative estimate of drug-likeness (QED) is 0.566. The number of aromatic nitrogens is 3. The van der Waals surface area contributed by atoms with Crippen LogP contribution < -0.4 is 4.90 Å². The van der Waals surface area contributed by atoms with Crippen LogP contribution >= 0.6 is 0 Å². The first-order chi connectivity index (χ1) is 16.3. The molecule has 9 heteroatoms. The van der Waals surface area contributed by atoms with E-state index < -0.39 is 0 Å². The van der Waals surface area contributed by atoms with Crippen LogP contribution in [0.4, 0.5) is 10.6 Å². The molecule has 0 bridgehead atoms. The number of hydrogen-bond acceptors (Lipinski definition) is 8. The van der Waals surface area contributed by atoms with Crippen molar-refractivity contribution in [3.63, 3.8) is 0 Å². The summed E-state index contributed by atoms with van der Waals surface area (Å²) in [6, 6.07) is 0. The first-order valence-electron chi connectivity index (χ1n) is 12.2. The smallest absolute Gasteiger partial charge is 0.409 e. The summed E-state index contributed by atoms with van der Waals surface area (Å²) < 4.78 is 17.7. The summed E-state index contributed by atoms with van der Waals surface area (Å²) in [5, 5.41) is 0.975. The standard InChI is InChI=1S/C25H33N5O4/c1-6-32-24(31)30-9-7-29(8-10-30)22-21-20(26-14-27-22)19-16-12-25(4,5)33-13-17(16)18(11-15(2)3)28-23(19)34-21/h14-15H,6-13H2,1-5H3. The van der Waals surface area contributed by atoms with E-state index in [2.05, 4.69) is 42.6 Å². The van der Waals surface area contributed by atoms with E-state index in [4.69, 9.17) is 18.9 Å². The number of ether oxygens (including phenoxy) is 2. The normalized spacial score (nSPS) is 18.1. The van der Waals surface area contributed by atoms with Crippen LogP contribution in [0.3, 0.4) is 0 Å². The topological polar surface area (TPSA) is 93.8 Å². The van der Waals surface area contributed by atoms with E-state index in [0.29, 0.717) is 56.6 Å². The Morgan fingerprint density at radius 2 is 1.94 bits per heavy atom. The molecule has 3 aromatic rings. The molecule has 0 spiro atoms. The van der Waals surface area contributed by atoms with Gasteiger partial charge >= 0.3 is 6.09 Å². The summed E-state index contributed by atoms with van der Waals surface area (Å²) in [6.07, 6.45) is 2.98. The van der Waals surface area contributed by atoms with Gasteiger partial charge in [-0.05, 0) is 38.7 Å². The molecule has 9 nitrogen and oxygen atoms in total. The summed E-state index contributed by atoms with van der Waals surface area (Å²) in [4.78, 5) is 30.1. The molecule has 0 aromatic carbocycles. The van der Waals surface area contributed by atoms with Gasteiger partial charge in [0, 0.05) is 38.2 Å². The number of amides is 1. The van der Waals surface area contributed by atoms with Crippen molar-refractivity contribution in [2.45, 2.75) is 59.7 Å². The molecule has 2 aliphatic heterocycles. The minimum Gasteiger partial charge on any atom is -0.450 e. The average molecular weight is 468 g/mol. The second-order valence-corrected chi connectivity index (χ2v) is 10.2. The van der Waals surface area contributed by atoms with Gasteiger partial charge < -0.3 is 23.7 Å². The van der Waals surface area contributed by atoms with Crippen LogP contribution in [0.15, 0.2) is 10.7 Å². The van der Waals surface area contributed by atoms with E-state index in [1.807, 2.05) is 6.92 Å². The highest BCUT2D eigenvalue weighted by atomic mass is 16.6. The van der Waals surface area contributed by atoms with Gasteiger partial charge in [0.2, 0.25) is 5.71 Å². The minimum atomic E-state index is -0.267. The predicted molar refractivity (Wildman–Crippen MR) is 129 cm³/mol. The second-order valence-electron chi connectivity index (χ2n) is 10.2. The molecule has 0 N–H and O–H groups in total. The maximum atomic E-state index is 12.1. The van der Waals surface area contributed by atoms with E-state index in [1.54, 1.807) is 11.2 Å². The van der Waals surface area contributed by atoms with E-state index >= 15 is 0 Å². The zero-order valence-electron chi connectivity index (χ0n) is 20.7. The molecule has 1 amide bonds. The van der Waals surface area contributed by atoms with Crippen LogP contribution in [-0.2, 0) is 28.9 Å². The Morgan fingerprint density at radius 3 is 2.65 bits per heavy atom. The van der Waals surface area contributed by atoms with Gasteiger partial charge in [-0.15, -0.1) is 0 Å². The zero-order chi connectivity index (χ0) is 24.0. The van der Waals surface area contributed by atoms with Crippen molar-refractivity contribution in [3.05, 3.63) is 23.1 Å². The molecule has 3 aromatic heterocycles.